The summed E-state index contributed by atoms with van der Waals surface area (Å²) in [6.07, 6.45) is 0. The summed E-state index contributed by atoms with van der Waals surface area (Å²) in [6.45, 7) is 3.83. The van der Waals surface area contributed by atoms with Crippen molar-refractivity contribution in [1.82, 2.24) is 9.97 Å². The van der Waals surface area contributed by atoms with Gasteiger partial charge in [-0.15, -0.1) is 0 Å². The van der Waals surface area contributed by atoms with Gasteiger partial charge in [-0.05, 0) is 25.4 Å². The molecule has 0 spiro atoms. The van der Waals surface area contributed by atoms with Crippen molar-refractivity contribution in [1.29, 1.82) is 0 Å². The molecule has 0 unspecified atom stereocenters. The Labute approximate surface area is 110 Å². The highest BCUT2D eigenvalue weighted by Crippen LogP contribution is 2.36. The number of carbonyl (C=O) groups is 1. The van der Waals surface area contributed by atoms with Gasteiger partial charge in [0, 0.05) is 14.2 Å². The van der Waals surface area contributed by atoms with Crippen molar-refractivity contribution >= 4 is 29.0 Å². The van der Waals surface area contributed by atoms with Gasteiger partial charge < -0.3 is 15.0 Å². The van der Waals surface area contributed by atoms with Crippen LogP contribution in [0.25, 0.3) is 0 Å². The fourth-order valence-electron chi connectivity index (χ4n) is 1.99. The van der Waals surface area contributed by atoms with Crippen LogP contribution in [0, 0.1) is 6.92 Å². The van der Waals surface area contributed by atoms with Crippen LogP contribution in [0.2, 0.25) is 5.28 Å². The Morgan fingerprint density at radius 1 is 1.50 bits per heavy atom. The molecule has 0 saturated heterocycles. The van der Waals surface area contributed by atoms with Crippen molar-refractivity contribution in [3.63, 3.8) is 0 Å². The number of rotatable bonds is 2. The number of fused-ring (bicyclic) bond motifs is 1. The lowest BCUT2D eigenvalue weighted by molar-refractivity contribution is -0.122. The first-order valence-electron chi connectivity index (χ1n) is 5.48. The van der Waals surface area contributed by atoms with Crippen LogP contribution in [-0.2, 0) is 9.53 Å². The molecule has 6 nitrogen and oxygen atoms in total. The molecule has 1 aliphatic rings. The number of hydrogen-bond acceptors (Lipinski definition) is 5. The maximum atomic E-state index is 12.2. The zero-order valence-corrected chi connectivity index (χ0v) is 11.5. The number of anilines is 2. The standard InChI is InChI=1S/C11H15ClN4O2/c1-6-7-8(15-10(12)13-6)16(3)11(2,5-18-4)9(17)14-7/h5H2,1-4H3,(H,14,17)/t11-/m1/s1. The second-order valence-electron chi connectivity index (χ2n) is 4.50. The fraction of sp³-hybridized carbons (Fsp3) is 0.545. The van der Waals surface area contributed by atoms with E-state index >= 15 is 0 Å². The minimum absolute atomic E-state index is 0.145. The lowest BCUT2D eigenvalue weighted by atomic mass is 9.97. The molecular weight excluding hydrogens is 256 g/mol. The van der Waals surface area contributed by atoms with E-state index in [1.807, 2.05) is 0 Å². The third-order valence-electron chi connectivity index (χ3n) is 3.25. The number of methoxy groups -OCH3 is 1. The number of hydrogen-bond donors (Lipinski definition) is 1. The molecule has 7 heteroatoms. The number of ether oxygens (including phenoxy) is 1. The lowest BCUT2D eigenvalue weighted by Crippen LogP contribution is -2.59. The molecule has 2 rings (SSSR count). The second-order valence-corrected chi connectivity index (χ2v) is 4.83. The highest BCUT2D eigenvalue weighted by atomic mass is 35.5. The van der Waals surface area contributed by atoms with E-state index in [4.69, 9.17) is 16.3 Å². The molecule has 0 bridgehead atoms. The lowest BCUT2D eigenvalue weighted by Gasteiger charge is -2.42. The number of likely N-dealkylation sites (N-methyl/N-ethyl adjacent to an activating group) is 1. The van der Waals surface area contributed by atoms with E-state index in [2.05, 4.69) is 15.3 Å². The first kappa shape index (κ1) is 13.0. The summed E-state index contributed by atoms with van der Waals surface area (Å²) in [5, 5.41) is 2.98. The molecule has 0 saturated carbocycles. The number of nitrogens with one attached hydrogen (secondary N) is 1. The van der Waals surface area contributed by atoms with Crippen LogP contribution in [0.5, 0.6) is 0 Å². The van der Waals surface area contributed by atoms with Gasteiger partial charge in [0.2, 0.25) is 5.28 Å². The van der Waals surface area contributed by atoms with Gasteiger partial charge in [0.15, 0.2) is 5.82 Å². The Hall–Kier alpha value is -1.40. The van der Waals surface area contributed by atoms with Gasteiger partial charge in [0.05, 0.1) is 12.3 Å². The van der Waals surface area contributed by atoms with Gasteiger partial charge in [-0.2, -0.15) is 4.98 Å². The third-order valence-corrected chi connectivity index (χ3v) is 3.42. The van der Waals surface area contributed by atoms with E-state index in [0.29, 0.717) is 17.2 Å². The zero-order chi connectivity index (χ0) is 13.5. The molecule has 18 heavy (non-hydrogen) atoms. The minimum atomic E-state index is -0.814. The Morgan fingerprint density at radius 3 is 2.78 bits per heavy atom. The van der Waals surface area contributed by atoms with E-state index in [9.17, 15) is 4.79 Å². The molecule has 2 heterocycles. The maximum Gasteiger partial charge on any atom is 0.252 e. The molecule has 98 valence electrons. The first-order chi connectivity index (χ1) is 8.40. The van der Waals surface area contributed by atoms with Crippen molar-refractivity contribution in [2.45, 2.75) is 19.4 Å². The monoisotopic (exact) mass is 270 g/mol. The topological polar surface area (TPSA) is 67.3 Å². The average Bonchev–Trinajstić information content (AvgIpc) is 2.29. The molecule has 1 aromatic rings. The smallest absolute Gasteiger partial charge is 0.252 e. The van der Waals surface area contributed by atoms with Crippen LogP contribution < -0.4 is 10.2 Å². The Kier molecular flexibility index (Phi) is 3.16. The molecule has 0 fully saturated rings. The number of aryl methyl sites for hydroxylation is 1. The van der Waals surface area contributed by atoms with Crippen molar-refractivity contribution in [2.75, 3.05) is 31.0 Å². The van der Waals surface area contributed by atoms with Crippen molar-refractivity contribution in [3.8, 4) is 0 Å². The van der Waals surface area contributed by atoms with Crippen LogP contribution in [0.15, 0.2) is 0 Å². The number of halogens is 1. The maximum absolute atomic E-state index is 12.2. The molecule has 1 N–H and O–H groups in total. The van der Waals surface area contributed by atoms with Gasteiger partial charge in [0.1, 0.15) is 11.2 Å². The molecule has 1 amide bonds. The SMILES string of the molecule is COC[C@]1(C)C(=O)Nc2c(C)nc(Cl)nc2N1C. The molecule has 1 aliphatic heterocycles. The molecule has 0 radical (unpaired) electrons. The van der Waals surface area contributed by atoms with Crippen LogP contribution in [0.3, 0.4) is 0 Å². The Balaban J connectivity index is 2.56. The van der Waals surface area contributed by atoms with Gasteiger partial charge in [0.25, 0.3) is 5.91 Å². The molecule has 1 atom stereocenters. The normalized spacial score (nSPS) is 22.7. The zero-order valence-electron chi connectivity index (χ0n) is 10.7. The number of nitrogens with zero attached hydrogens (tertiary/aromatic N) is 3. The third kappa shape index (κ3) is 1.81. The summed E-state index contributed by atoms with van der Waals surface area (Å²) in [4.78, 5) is 22.2. The summed E-state index contributed by atoms with van der Waals surface area (Å²) < 4.78 is 5.12. The summed E-state index contributed by atoms with van der Waals surface area (Å²) in [5.74, 6) is 0.458. The molecule has 1 aromatic heterocycles. The summed E-state index contributed by atoms with van der Waals surface area (Å²) >= 11 is 5.86. The highest BCUT2D eigenvalue weighted by molar-refractivity contribution is 6.28. The largest absolute Gasteiger partial charge is 0.382 e. The van der Waals surface area contributed by atoms with E-state index < -0.39 is 5.54 Å². The van der Waals surface area contributed by atoms with Gasteiger partial charge >= 0.3 is 0 Å². The van der Waals surface area contributed by atoms with Crippen molar-refractivity contribution < 1.29 is 9.53 Å². The van der Waals surface area contributed by atoms with Gasteiger partial charge in [-0.3, -0.25) is 4.79 Å². The second kappa shape index (κ2) is 4.37. The first-order valence-corrected chi connectivity index (χ1v) is 5.86. The molecule has 0 aromatic carbocycles. The van der Waals surface area contributed by atoms with Crippen LogP contribution >= 0.6 is 11.6 Å². The quantitative estimate of drug-likeness (QED) is 0.819. The van der Waals surface area contributed by atoms with E-state index in [-0.39, 0.29) is 17.8 Å². The molecule has 0 aliphatic carbocycles. The summed E-state index contributed by atoms with van der Waals surface area (Å²) in [5.41, 5.74) is 0.427. The number of carbonyl (C=O) groups excluding carboxylic acids is 1. The van der Waals surface area contributed by atoms with E-state index in [0.717, 1.165) is 0 Å². The van der Waals surface area contributed by atoms with Crippen molar-refractivity contribution in [3.05, 3.63) is 11.0 Å². The molecular formula is C11H15ClN4O2. The Bertz CT molecular complexity index is 508. The van der Waals surface area contributed by atoms with Crippen LogP contribution in [-0.4, -0.2) is 42.2 Å². The predicted octanol–water partition coefficient (Wildman–Crippen LogP) is 1.23. The van der Waals surface area contributed by atoms with Crippen molar-refractivity contribution in [2.24, 2.45) is 0 Å². The minimum Gasteiger partial charge on any atom is -0.382 e. The van der Waals surface area contributed by atoms with Gasteiger partial charge in [-0.1, -0.05) is 0 Å². The fourth-order valence-corrected chi connectivity index (χ4v) is 2.20. The number of amides is 1. The van der Waals surface area contributed by atoms with Crippen LogP contribution in [0.4, 0.5) is 11.5 Å². The summed E-state index contributed by atoms with van der Waals surface area (Å²) in [7, 11) is 3.35. The van der Waals surface area contributed by atoms with Crippen LogP contribution in [0.1, 0.15) is 12.6 Å². The van der Waals surface area contributed by atoms with Gasteiger partial charge in [-0.25, -0.2) is 4.98 Å². The highest BCUT2D eigenvalue weighted by Gasteiger charge is 2.44. The average molecular weight is 271 g/mol. The van der Waals surface area contributed by atoms with E-state index in [1.54, 1.807) is 32.9 Å². The Morgan fingerprint density at radius 2 is 2.17 bits per heavy atom. The number of aromatic nitrogens is 2. The van der Waals surface area contributed by atoms with E-state index in [1.165, 1.54) is 0 Å². The predicted molar refractivity (Wildman–Crippen MR) is 69.1 cm³/mol. The summed E-state index contributed by atoms with van der Waals surface area (Å²) in [6, 6.07) is 0.